The van der Waals surface area contributed by atoms with Gasteiger partial charge in [0.1, 0.15) is 0 Å². The van der Waals surface area contributed by atoms with Gasteiger partial charge in [-0.3, -0.25) is 0 Å². The van der Waals surface area contributed by atoms with E-state index in [9.17, 15) is 8.78 Å². The second-order valence-electron chi connectivity index (χ2n) is 6.29. The molecule has 26 heavy (non-hydrogen) atoms. The molecule has 0 fully saturated rings. The van der Waals surface area contributed by atoms with Crippen LogP contribution in [0.2, 0.25) is 0 Å². The Bertz CT molecular complexity index is 892. The van der Waals surface area contributed by atoms with Gasteiger partial charge in [0.2, 0.25) is 0 Å². The Morgan fingerprint density at radius 3 is 2.04 bits per heavy atom. The zero-order chi connectivity index (χ0) is 18.4. The van der Waals surface area contributed by atoms with Crippen molar-refractivity contribution in [2.75, 3.05) is 0 Å². The Hall–Kier alpha value is -2.74. The third-order valence-corrected chi connectivity index (χ3v) is 4.42. The van der Waals surface area contributed by atoms with Gasteiger partial charge in [-0.1, -0.05) is 73.7 Å². The molecule has 132 valence electrons. The Morgan fingerprint density at radius 1 is 0.731 bits per heavy atom. The summed E-state index contributed by atoms with van der Waals surface area (Å²) in [5, 5.41) is 0. The van der Waals surface area contributed by atoms with Crippen LogP contribution >= 0.6 is 0 Å². The maximum absolute atomic E-state index is 13.6. The highest BCUT2D eigenvalue weighted by Gasteiger charge is 2.09. The molecule has 3 aromatic carbocycles. The molecule has 0 radical (unpaired) electrons. The Kier molecular flexibility index (Phi) is 5.96. The molecule has 0 unspecified atom stereocenters. The van der Waals surface area contributed by atoms with Crippen molar-refractivity contribution in [3.05, 3.63) is 96.1 Å². The van der Waals surface area contributed by atoms with Crippen molar-refractivity contribution in [3.63, 3.8) is 0 Å². The lowest BCUT2D eigenvalue weighted by Gasteiger charge is -2.11. The van der Waals surface area contributed by atoms with Crippen molar-refractivity contribution in [3.8, 4) is 22.3 Å². The molecule has 3 rings (SSSR count). The molecule has 0 amide bonds. The highest BCUT2D eigenvalue weighted by molar-refractivity contribution is 5.83. The minimum absolute atomic E-state index is 0.674. The first kappa shape index (κ1) is 18.1. The third kappa shape index (κ3) is 4.26. The number of aryl methyl sites for hydroxylation is 1. The summed E-state index contributed by atoms with van der Waals surface area (Å²) in [5.74, 6) is -1.65. The van der Waals surface area contributed by atoms with Gasteiger partial charge in [0.05, 0.1) is 0 Å². The molecule has 0 saturated heterocycles. The van der Waals surface area contributed by atoms with Gasteiger partial charge in [0, 0.05) is 0 Å². The molecular formula is C24H22F2. The quantitative estimate of drug-likeness (QED) is 0.413. The third-order valence-electron chi connectivity index (χ3n) is 4.42. The van der Waals surface area contributed by atoms with Crippen LogP contribution in [-0.4, -0.2) is 0 Å². The average molecular weight is 348 g/mol. The van der Waals surface area contributed by atoms with E-state index in [0.717, 1.165) is 36.0 Å². The molecule has 0 N–H and O–H groups in total. The highest BCUT2D eigenvalue weighted by Crippen LogP contribution is 2.32. The lowest BCUT2D eigenvalue weighted by molar-refractivity contribution is 0.509. The van der Waals surface area contributed by atoms with Gasteiger partial charge in [-0.25, -0.2) is 8.78 Å². The highest BCUT2D eigenvalue weighted by atomic mass is 19.2. The molecule has 0 saturated carbocycles. The summed E-state index contributed by atoms with van der Waals surface area (Å²) < 4.78 is 26.9. The number of rotatable bonds is 6. The first-order valence-corrected chi connectivity index (χ1v) is 8.98. The lowest BCUT2D eigenvalue weighted by atomic mass is 9.93. The average Bonchev–Trinajstić information content (AvgIpc) is 2.68. The van der Waals surface area contributed by atoms with E-state index in [0.29, 0.717) is 5.56 Å². The van der Waals surface area contributed by atoms with Crippen molar-refractivity contribution >= 4 is 0 Å². The summed E-state index contributed by atoms with van der Waals surface area (Å²) in [6, 6.07) is 20.3. The first-order valence-electron chi connectivity index (χ1n) is 8.98. The molecule has 0 spiro atoms. The van der Waals surface area contributed by atoms with Crippen molar-refractivity contribution in [1.82, 2.24) is 0 Å². The summed E-state index contributed by atoms with van der Waals surface area (Å²) in [4.78, 5) is 0. The molecule has 2 heteroatoms. The summed E-state index contributed by atoms with van der Waals surface area (Å²) in [6.07, 6.45) is 7.53. The standard InChI is InChI=1S/C24H22F2/c1-2-3-4-5-8-18-11-13-19(14-12-18)21-9-6-7-10-22(21)20-15-16-23(25)24(26)17-20/h3-4,6-7,9-17H,2,5,8H2,1H3. The van der Waals surface area contributed by atoms with Gasteiger partial charge in [-0.15, -0.1) is 0 Å². The van der Waals surface area contributed by atoms with Crippen molar-refractivity contribution in [2.24, 2.45) is 0 Å². The molecule has 0 aliphatic heterocycles. The monoisotopic (exact) mass is 348 g/mol. The van der Waals surface area contributed by atoms with Crippen molar-refractivity contribution < 1.29 is 8.78 Å². The predicted octanol–water partition coefficient (Wildman–Crippen LogP) is 7.20. The smallest absolute Gasteiger partial charge is 0.159 e. The van der Waals surface area contributed by atoms with E-state index < -0.39 is 11.6 Å². The molecule has 0 nitrogen and oxygen atoms in total. The number of hydrogen-bond acceptors (Lipinski definition) is 0. The van der Waals surface area contributed by atoms with E-state index in [1.54, 1.807) is 6.07 Å². The van der Waals surface area contributed by atoms with Crippen LogP contribution in [0, 0.1) is 11.6 Å². The summed E-state index contributed by atoms with van der Waals surface area (Å²) in [7, 11) is 0. The SMILES string of the molecule is CCC=CCCc1ccc(-c2ccccc2-c2ccc(F)c(F)c2)cc1. The van der Waals surface area contributed by atoms with Crippen LogP contribution in [0.5, 0.6) is 0 Å². The van der Waals surface area contributed by atoms with E-state index in [1.807, 2.05) is 24.3 Å². The van der Waals surface area contributed by atoms with Crippen LogP contribution < -0.4 is 0 Å². The Labute approximate surface area is 153 Å². The summed E-state index contributed by atoms with van der Waals surface area (Å²) in [5.41, 5.74) is 4.94. The molecule has 0 aliphatic rings. The molecule has 3 aromatic rings. The van der Waals surface area contributed by atoms with Gasteiger partial charge in [-0.2, -0.15) is 0 Å². The lowest BCUT2D eigenvalue weighted by Crippen LogP contribution is -1.89. The van der Waals surface area contributed by atoms with Crippen LogP contribution in [-0.2, 0) is 6.42 Å². The fourth-order valence-corrected chi connectivity index (χ4v) is 3.04. The Morgan fingerprint density at radius 2 is 1.38 bits per heavy atom. The summed E-state index contributed by atoms with van der Waals surface area (Å²) >= 11 is 0. The van der Waals surface area contributed by atoms with Crippen molar-refractivity contribution in [1.29, 1.82) is 0 Å². The number of hydrogen-bond donors (Lipinski definition) is 0. The minimum atomic E-state index is -0.826. The van der Waals surface area contributed by atoms with Gasteiger partial charge < -0.3 is 0 Å². The van der Waals surface area contributed by atoms with Crippen molar-refractivity contribution in [2.45, 2.75) is 26.2 Å². The predicted molar refractivity (Wildman–Crippen MR) is 105 cm³/mol. The van der Waals surface area contributed by atoms with E-state index in [1.165, 1.54) is 17.7 Å². The normalized spacial score (nSPS) is 11.2. The number of allylic oxidation sites excluding steroid dienone is 2. The second kappa shape index (κ2) is 8.57. The van der Waals surface area contributed by atoms with E-state index in [-0.39, 0.29) is 0 Å². The van der Waals surface area contributed by atoms with E-state index in [2.05, 4.69) is 43.3 Å². The van der Waals surface area contributed by atoms with Gasteiger partial charge >= 0.3 is 0 Å². The van der Waals surface area contributed by atoms with Crippen LogP contribution in [0.25, 0.3) is 22.3 Å². The molecular weight excluding hydrogens is 326 g/mol. The fraction of sp³-hybridized carbons (Fsp3) is 0.167. The zero-order valence-corrected chi connectivity index (χ0v) is 14.9. The van der Waals surface area contributed by atoms with Crippen LogP contribution in [0.4, 0.5) is 8.78 Å². The van der Waals surface area contributed by atoms with E-state index in [4.69, 9.17) is 0 Å². The number of halogens is 2. The maximum Gasteiger partial charge on any atom is 0.159 e. The molecule has 0 atom stereocenters. The first-order chi connectivity index (χ1) is 12.7. The largest absolute Gasteiger partial charge is 0.204 e. The van der Waals surface area contributed by atoms with E-state index >= 15 is 0 Å². The zero-order valence-electron chi connectivity index (χ0n) is 14.9. The van der Waals surface area contributed by atoms with Gasteiger partial charge in [-0.05, 0) is 59.2 Å². The maximum atomic E-state index is 13.6. The molecule has 0 aliphatic carbocycles. The topological polar surface area (TPSA) is 0 Å². The molecule has 0 bridgehead atoms. The second-order valence-corrected chi connectivity index (χ2v) is 6.29. The van der Waals surface area contributed by atoms with Crippen LogP contribution in [0.1, 0.15) is 25.3 Å². The van der Waals surface area contributed by atoms with Crippen LogP contribution in [0.3, 0.4) is 0 Å². The van der Waals surface area contributed by atoms with Gasteiger partial charge in [0.25, 0.3) is 0 Å². The molecule has 0 heterocycles. The molecule has 0 aromatic heterocycles. The number of benzene rings is 3. The minimum Gasteiger partial charge on any atom is -0.204 e. The van der Waals surface area contributed by atoms with Gasteiger partial charge in [0.15, 0.2) is 11.6 Å². The van der Waals surface area contributed by atoms with Crippen LogP contribution in [0.15, 0.2) is 78.9 Å². The summed E-state index contributed by atoms with van der Waals surface area (Å²) in [6.45, 7) is 2.13. The fourth-order valence-electron chi connectivity index (χ4n) is 3.04. The Balaban J connectivity index is 1.88.